The largest absolute Gasteiger partial charge is 0.378 e. The first-order valence-corrected chi connectivity index (χ1v) is 6.49. The lowest BCUT2D eigenvalue weighted by Crippen LogP contribution is -2.23. The molecule has 0 radical (unpaired) electrons. The van der Waals surface area contributed by atoms with E-state index in [9.17, 15) is 10.1 Å². The van der Waals surface area contributed by atoms with Crippen LogP contribution in [-0.4, -0.2) is 34.1 Å². The lowest BCUT2D eigenvalue weighted by molar-refractivity contribution is -0.384. The zero-order chi connectivity index (χ0) is 14.5. The molecule has 9 nitrogen and oxygen atoms in total. The second-order valence-electron chi connectivity index (χ2n) is 4.58. The molecule has 1 aliphatic heterocycles. The third kappa shape index (κ3) is 3.11. The lowest BCUT2D eigenvalue weighted by atomic mass is 10.00. The molecule has 20 heavy (non-hydrogen) atoms. The fraction of sp³-hybridized carbons (Fsp3) is 0.636. The minimum atomic E-state index is -0.523. The van der Waals surface area contributed by atoms with Gasteiger partial charge in [0.1, 0.15) is 6.20 Å². The van der Waals surface area contributed by atoms with Crippen LogP contribution in [-0.2, 0) is 4.74 Å². The Morgan fingerprint density at radius 3 is 3.10 bits per heavy atom. The average Bonchev–Trinajstić information content (AvgIpc) is 2.91. The molecule has 2 rings (SSSR count). The Hall–Kier alpha value is -2.00. The summed E-state index contributed by atoms with van der Waals surface area (Å²) < 4.78 is 5.59. The van der Waals surface area contributed by atoms with Gasteiger partial charge in [0.15, 0.2) is 0 Å². The van der Waals surface area contributed by atoms with Gasteiger partial charge in [-0.25, -0.2) is 10.8 Å². The third-order valence-electron chi connectivity index (χ3n) is 3.38. The number of aromatic nitrogens is 2. The van der Waals surface area contributed by atoms with E-state index < -0.39 is 4.92 Å². The molecule has 2 heterocycles. The number of ether oxygens (including phenoxy) is 1. The smallest absolute Gasteiger partial charge is 0.329 e. The van der Waals surface area contributed by atoms with Crippen molar-refractivity contribution in [2.45, 2.75) is 25.9 Å². The number of nitrogens with zero attached hydrogens (tertiary/aromatic N) is 3. The highest BCUT2D eigenvalue weighted by molar-refractivity contribution is 5.56. The number of hydrogen-bond donors (Lipinski definition) is 3. The van der Waals surface area contributed by atoms with Crippen molar-refractivity contribution >= 4 is 17.5 Å². The zero-order valence-corrected chi connectivity index (χ0v) is 11.2. The fourth-order valence-corrected chi connectivity index (χ4v) is 2.31. The number of nitrogens with two attached hydrogens (primary N) is 1. The first-order chi connectivity index (χ1) is 9.65. The van der Waals surface area contributed by atoms with E-state index in [1.807, 2.05) is 0 Å². The van der Waals surface area contributed by atoms with Gasteiger partial charge < -0.3 is 10.1 Å². The second-order valence-corrected chi connectivity index (χ2v) is 4.58. The summed E-state index contributed by atoms with van der Waals surface area (Å²) in [7, 11) is 0. The summed E-state index contributed by atoms with van der Waals surface area (Å²) in [5, 5.41) is 14.0. The molecule has 1 aromatic heterocycles. The monoisotopic (exact) mass is 282 g/mol. The van der Waals surface area contributed by atoms with Crippen LogP contribution in [0.2, 0.25) is 0 Å². The molecule has 1 saturated heterocycles. The topological polar surface area (TPSA) is 128 Å². The van der Waals surface area contributed by atoms with E-state index in [1.165, 1.54) is 0 Å². The minimum absolute atomic E-state index is 0.132. The van der Waals surface area contributed by atoms with Gasteiger partial charge in [-0.1, -0.05) is 6.92 Å². The highest BCUT2D eigenvalue weighted by Crippen LogP contribution is 2.26. The van der Waals surface area contributed by atoms with Crippen molar-refractivity contribution in [1.29, 1.82) is 0 Å². The average molecular weight is 282 g/mol. The molecule has 0 spiro atoms. The summed E-state index contributed by atoms with van der Waals surface area (Å²) in [5.74, 6) is 5.84. The summed E-state index contributed by atoms with van der Waals surface area (Å²) >= 11 is 0. The third-order valence-corrected chi connectivity index (χ3v) is 3.38. The first-order valence-electron chi connectivity index (χ1n) is 6.49. The standard InChI is InChI=1S/C11H18N6O3/c1-2-9-7(3-4-20-9)5-13-10-8(17(18)19)6-14-11(15-10)16-12/h6-7,9H,2-5,12H2,1H3,(H2,13,14,15,16). The van der Waals surface area contributed by atoms with Gasteiger partial charge in [0, 0.05) is 19.1 Å². The van der Waals surface area contributed by atoms with Crippen LogP contribution < -0.4 is 16.6 Å². The Labute approximate surface area is 116 Å². The number of nitro groups is 1. The Morgan fingerprint density at radius 2 is 2.45 bits per heavy atom. The normalized spacial score (nSPS) is 21.7. The summed E-state index contributed by atoms with van der Waals surface area (Å²) in [4.78, 5) is 18.1. The molecule has 2 unspecified atom stereocenters. The van der Waals surface area contributed by atoms with Crippen molar-refractivity contribution in [2.75, 3.05) is 23.9 Å². The van der Waals surface area contributed by atoms with Crippen LogP contribution in [0, 0.1) is 16.0 Å². The van der Waals surface area contributed by atoms with Crippen LogP contribution in [0.5, 0.6) is 0 Å². The molecule has 2 atom stereocenters. The number of nitrogens with one attached hydrogen (secondary N) is 2. The molecule has 1 aromatic rings. The van der Waals surface area contributed by atoms with Crippen LogP contribution in [0.25, 0.3) is 0 Å². The van der Waals surface area contributed by atoms with Gasteiger partial charge in [0.25, 0.3) is 0 Å². The summed E-state index contributed by atoms with van der Waals surface area (Å²) in [5.41, 5.74) is 2.10. The molecule has 0 bridgehead atoms. The summed E-state index contributed by atoms with van der Waals surface area (Å²) in [6.45, 7) is 3.36. The molecule has 0 amide bonds. The van der Waals surface area contributed by atoms with Gasteiger partial charge >= 0.3 is 5.69 Å². The van der Waals surface area contributed by atoms with E-state index in [1.54, 1.807) is 0 Å². The molecule has 1 fully saturated rings. The molecule has 1 aliphatic rings. The van der Waals surface area contributed by atoms with Gasteiger partial charge in [-0.05, 0) is 12.8 Å². The quantitative estimate of drug-likeness (QED) is 0.399. The molecule has 0 aliphatic carbocycles. The highest BCUT2D eigenvalue weighted by atomic mass is 16.6. The van der Waals surface area contributed by atoms with Crippen molar-refractivity contribution in [3.63, 3.8) is 0 Å². The first kappa shape index (κ1) is 14.4. The van der Waals surface area contributed by atoms with Gasteiger partial charge in [0.2, 0.25) is 11.8 Å². The van der Waals surface area contributed by atoms with Crippen molar-refractivity contribution < 1.29 is 9.66 Å². The van der Waals surface area contributed by atoms with E-state index in [4.69, 9.17) is 10.6 Å². The van der Waals surface area contributed by atoms with Gasteiger partial charge in [-0.3, -0.25) is 15.5 Å². The number of anilines is 2. The molecule has 4 N–H and O–H groups in total. The van der Waals surface area contributed by atoms with Crippen LogP contribution in [0.3, 0.4) is 0 Å². The van der Waals surface area contributed by atoms with Crippen LogP contribution in [0.4, 0.5) is 17.5 Å². The Bertz CT molecular complexity index is 483. The fourth-order valence-electron chi connectivity index (χ4n) is 2.31. The Kier molecular flexibility index (Phi) is 4.64. The number of hydrazine groups is 1. The molecule has 110 valence electrons. The van der Waals surface area contributed by atoms with Gasteiger partial charge in [-0.15, -0.1) is 0 Å². The van der Waals surface area contributed by atoms with E-state index in [0.717, 1.165) is 25.6 Å². The van der Waals surface area contributed by atoms with Crippen LogP contribution in [0.15, 0.2) is 6.20 Å². The predicted molar refractivity (Wildman–Crippen MR) is 73.1 cm³/mol. The molecule has 9 heteroatoms. The number of rotatable bonds is 6. The van der Waals surface area contributed by atoms with E-state index in [2.05, 4.69) is 27.6 Å². The SMILES string of the molecule is CCC1OCCC1CNc1nc(NN)ncc1[N+](=O)[O-]. The highest BCUT2D eigenvalue weighted by Gasteiger charge is 2.27. The van der Waals surface area contributed by atoms with Gasteiger partial charge in [0.05, 0.1) is 11.0 Å². The maximum atomic E-state index is 10.9. The van der Waals surface area contributed by atoms with Gasteiger partial charge in [-0.2, -0.15) is 4.98 Å². The van der Waals surface area contributed by atoms with Crippen LogP contribution in [0.1, 0.15) is 19.8 Å². The number of nitrogen functional groups attached to an aromatic ring is 1. The Balaban J connectivity index is 2.09. The molecule has 0 saturated carbocycles. The lowest BCUT2D eigenvalue weighted by Gasteiger charge is -2.17. The molecular formula is C11H18N6O3. The summed E-state index contributed by atoms with van der Waals surface area (Å²) in [6, 6.07) is 0. The van der Waals surface area contributed by atoms with Crippen molar-refractivity contribution in [3.8, 4) is 0 Å². The maximum absolute atomic E-state index is 10.9. The summed E-state index contributed by atoms with van der Waals surface area (Å²) in [6.07, 6.45) is 3.18. The van der Waals surface area contributed by atoms with E-state index in [-0.39, 0.29) is 23.6 Å². The second kappa shape index (κ2) is 6.44. The molecule has 0 aromatic carbocycles. The van der Waals surface area contributed by atoms with Crippen molar-refractivity contribution in [1.82, 2.24) is 9.97 Å². The Morgan fingerprint density at radius 1 is 1.65 bits per heavy atom. The van der Waals surface area contributed by atoms with Crippen molar-refractivity contribution in [2.24, 2.45) is 11.8 Å². The van der Waals surface area contributed by atoms with E-state index >= 15 is 0 Å². The minimum Gasteiger partial charge on any atom is -0.378 e. The predicted octanol–water partition coefficient (Wildman–Crippen LogP) is 0.897. The zero-order valence-electron chi connectivity index (χ0n) is 11.2. The molecular weight excluding hydrogens is 264 g/mol. The van der Waals surface area contributed by atoms with Crippen LogP contribution >= 0.6 is 0 Å². The number of hydrogen-bond acceptors (Lipinski definition) is 8. The van der Waals surface area contributed by atoms with E-state index in [0.29, 0.717) is 12.5 Å². The van der Waals surface area contributed by atoms with Crippen molar-refractivity contribution in [3.05, 3.63) is 16.3 Å². The maximum Gasteiger partial charge on any atom is 0.329 e.